The minimum Gasteiger partial charge on any atom is -0.325 e. The van der Waals surface area contributed by atoms with E-state index in [9.17, 15) is 18.0 Å². The normalized spacial score (nSPS) is 11.9. The second kappa shape index (κ2) is 12.8. The topological polar surface area (TPSA) is 116 Å². The summed E-state index contributed by atoms with van der Waals surface area (Å²) in [6, 6.07) is 23.5. The molecule has 0 saturated carbocycles. The van der Waals surface area contributed by atoms with E-state index in [4.69, 9.17) is 5.26 Å². The molecule has 7 nitrogen and oxygen atoms in total. The van der Waals surface area contributed by atoms with Crippen molar-refractivity contribution in [2.45, 2.75) is 50.0 Å². The van der Waals surface area contributed by atoms with Gasteiger partial charge in [-0.2, -0.15) is 9.98 Å². The Morgan fingerprint density at radius 3 is 2.25 bits per heavy atom. The summed E-state index contributed by atoms with van der Waals surface area (Å²) in [5.74, 6) is -0.367. The second-order valence-electron chi connectivity index (χ2n) is 8.55. The van der Waals surface area contributed by atoms with Crippen molar-refractivity contribution in [3.8, 4) is 17.2 Å². The summed E-state index contributed by atoms with van der Waals surface area (Å²) in [5, 5.41) is 11.8. The smallest absolute Gasteiger partial charge is 0.242 e. The number of amides is 1. The first-order valence-electron chi connectivity index (χ1n) is 11.8. The summed E-state index contributed by atoms with van der Waals surface area (Å²) in [5.41, 5.74) is 2.82. The maximum absolute atomic E-state index is 13.2. The Morgan fingerprint density at radius 2 is 1.58 bits per heavy atom. The highest BCUT2D eigenvalue weighted by atomic mass is 32.2. The summed E-state index contributed by atoms with van der Waals surface area (Å²) in [6.07, 6.45) is 2.69. The fraction of sp³-hybridized carbons (Fsp3) is 0.250. The Bertz CT molecular complexity index is 1330. The maximum atomic E-state index is 13.2. The minimum atomic E-state index is -4.00. The van der Waals surface area contributed by atoms with Crippen LogP contribution in [0.1, 0.15) is 44.6 Å². The molecule has 0 saturated heterocycles. The number of Topliss-reactive ketones (excluding diaryl/α,β-unsaturated/α-hetero) is 1. The third-order valence-electron chi connectivity index (χ3n) is 5.67. The third kappa shape index (κ3) is 7.87. The first-order chi connectivity index (χ1) is 17.3. The number of carbonyl (C=O) groups excluding carboxylic acids is 2. The van der Waals surface area contributed by atoms with Crippen LogP contribution in [0.4, 0.5) is 5.69 Å². The van der Waals surface area contributed by atoms with Gasteiger partial charge in [0.25, 0.3) is 0 Å². The van der Waals surface area contributed by atoms with Gasteiger partial charge in [0, 0.05) is 12.1 Å². The Kier molecular flexibility index (Phi) is 9.51. The molecule has 0 aliphatic rings. The third-order valence-corrected chi connectivity index (χ3v) is 7.15. The van der Waals surface area contributed by atoms with Crippen molar-refractivity contribution in [1.29, 1.82) is 5.26 Å². The number of anilines is 1. The van der Waals surface area contributed by atoms with Gasteiger partial charge in [-0.3, -0.25) is 4.79 Å². The predicted octanol–water partition coefficient (Wildman–Crippen LogP) is 5.05. The Labute approximate surface area is 212 Å². The molecule has 1 unspecified atom stereocenters. The van der Waals surface area contributed by atoms with Gasteiger partial charge in [0.1, 0.15) is 11.8 Å². The molecule has 8 heteroatoms. The van der Waals surface area contributed by atoms with Crippen molar-refractivity contribution in [1.82, 2.24) is 4.72 Å². The van der Waals surface area contributed by atoms with Gasteiger partial charge in [0.2, 0.25) is 15.9 Å². The van der Waals surface area contributed by atoms with E-state index in [1.54, 1.807) is 6.07 Å². The molecule has 186 valence electrons. The molecule has 0 aliphatic carbocycles. The van der Waals surface area contributed by atoms with Crippen LogP contribution in [0.3, 0.4) is 0 Å². The first kappa shape index (κ1) is 26.8. The number of ketones is 1. The number of nitrogens with zero attached hydrogens (tertiary/aromatic N) is 1. The SMILES string of the molecule is CC(=O)CCCCCC(NS(=O)(=O)c1ccc(C#N)cc1)C(=O)Nc1cccc(-c2ccccc2)c1. The number of hydrogen-bond donors (Lipinski definition) is 2. The largest absolute Gasteiger partial charge is 0.325 e. The van der Waals surface area contributed by atoms with Gasteiger partial charge in [0.05, 0.1) is 16.5 Å². The summed E-state index contributed by atoms with van der Waals surface area (Å²) in [7, 11) is -4.00. The van der Waals surface area contributed by atoms with Crippen LogP contribution in [0.25, 0.3) is 11.1 Å². The number of nitriles is 1. The van der Waals surface area contributed by atoms with Crippen LogP contribution in [0.5, 0.6) is 0 Å². The summed E-state index contributed by atoms with van der Waals surface area (Å²) < 4.78 is 28.5. The van der Waals surface area contributed by atoms with Crippen molar-refractivity contribution in [3.63, 3.8) is 0 Å². The van der Waals surface area contributed by atoms with Gasteiger partial charge in [-0.05, 0) is 67.3 Å². The van der Waals surface area contributed by atoms with Crippen LogP contribution in [0.2, 0.25) is 0 Å². The molecule has 0 aromatic heterocycles. The molecule has 3 aromatic rings. The molecule has 0 fully saturated rings. The van der Waals surface area contributed by atoms with Crippen LogP contribution in [0.15, 0.2) is 83.8 Å². The molecule has 0 spiro atoms. The number of nitrogens with one attached hydrogen (secondary N) is 2. The summed E-state index contributed by atoms with van der Waals surface area (Å²) >= 11 is 0. The van der Waals surface area contributed by atoms with Crippen molar-refractivity contribution in [3.05, 3.63) is 84.4 Å². The zero-order chi connectivity index (χ0) is 26.0. The molecule has 3 aromatic carbocycles. The van der Waals surface area contributed by atoms with Gasteiger partial charge in [0.15, 0.2) is 0 Å². The highest BCUT2D eigenvalue weighted by Gasteiger charge is 2.26. The Morgan fingerprint density at radius 1 is 0.889 bits per heavy atom. The number of hydrogen-bond acceptors (Lipinski definition) is 5. The monoisotopic (exact) mass is 503 g/mol. The number of sulfonamides is 1. The number of carbonyl (C=O) groups is 2. The zero-order valence-corrected chi connectivity index (χ0v) is 20.9. The second-order valence-corrected chi connectivity index (χ2v) is 10.3. The minimum absolute atomic E-state index is 0.0260. The molecule has 3 rings (SSSR count). The van der Waals surface area contributed by atoms with Crippen LogP contribution < -0.4 is 10.0 Å². The van der Waals surface area contributed by atoms with Crippen LogP contribution in [0, 0.1) is 11.3 Å². The lowest BCUT2D eigenvalue weighted by molar-refractivity contribution is -0.118. The summed E-state index contributed by atoms with van der Waals surface area (Å²) in [6.45, 7) is 1.53. The Balaban J connectivity index is 1.76. The molecule has 1 atom stereocenters. The fourth-order valence-corrected chi connectivity index (χ4v) is 4.97. The lowest BCUT2D eigenvalue weighted by Gasteiger charge is -2.19. The molecule has 0 bridgehead atoms. The van der Waals surface area contributed by atoms with Crippen LogP contribution in [-0.4, -0.2) is 26.2 Å². The quantitative estimate of drug-likeness (QED) is 0.336. The van der Waals surface area contributed by atoms with E-state index in [1.807, 2.05) is 54.6 Å². The lowest BCUT2D eigenvalue weighted by Crippen LogP contribution is -2.43. The lowest BCUT2D eigenvalue weighted by atomic mass is 10.0. The average Bonchev–Trinajstić information content (AvgIpc) is 2.88. The van der Waals surface area contributed by atoms with Crippen molar-refractivity contribution in [2.75, 3.05) is 5.32 Å². The molecule has 0 heterocycles. The highest BCUT2D eigenvalue weighted by Crippen LogP contribution is 2.23. The summed E-state index contributed by atoms with van der Waals surface area (Å²) in [4.78, 5) is 24.4. The van der Waals surface area contributed by atoms with Crippen LogP contribution in [-0.2, 0) is 19.6 Å². The van der Waals surface area contributed by atoms with Gasteiger partial charge < -0.3 is 10.1 Å². The van der Waals surface area contributed by atoms with E-state index in [-0.39, 0.29) is 17.1 Å². The molecule has 1 amide bonds. The van der Waals surface area contributed by atoms with Crippen molar-refractivity contribution >= 4 is 27.4 Å². The molecular weight excluding hydrogens is 474 g/mol. The van der Waals surface area contributed by atoms with Crippen molar-refractivity contribution < 1.29 is 18.0 Å². The number of rotatable bonds is 12. The predicted molar refractivity (Wildman–Crippen MR) is 140 cm³/mol. The van der Waals surface area contributed by atoms with E-state index in [0.717, 1.165) is 11.1 Å². The standard InChI is InChI=1S/C28H29N3O4S/c1-21(32)9-4-2-7-14-27(31-36(34,35)26-17-15-22(20-29)16-18-26)28(33)30-25-13-8-12-24(19-25)23-10-5-3-6-11-23/h3,5-6,8,10-13,15-19,27,31H,2,4,7,9,14H2,1H3,(H,30,33). The maximum Gasteiger partial charge on any atom is 0.242 e. The Hall–Kier alpha value is -3.80. The van der Waals surface area contributed by atoms with E-state index < -0.39 is 22.0 Å². The molecular formula is C28H29N3O4S. The molecule has 0 radical (unpaired) electrons. The van der Waals surface area contributed by atoms with Gasteiger partial charge in [-0.15, -0.1) is 0 Å². The number of benzene rings is 3. The van der Waals surface area contributed by atoms with Crippen molar-refractivity contribution in [2.24, 2.45) is 0 Å². The molecule has 36 heavy (non-hydrogen) atoms. The van der Waals surface area contributed by atoms with Gasteiger partial charge in [-0.25, -0.2) is 8.42 Å². The molecule has 2 N–H and O–H groups in total. The van der Waals surface area contributed by atoms with Gasteiger partial charge >= 0.3 is 0 Å². The van der Waals surface area contributed by atoms with E-state index in [1.165, 1.54) is 31.2 Å². The molecule has 0 aliphatic heterocycles. The number of unbranched alkanes of at least 4 members (excludes halogenated alkanes) is 2. The highest BCUT2D eigenvalue weighted by molar-refractivity contribution is 7.89. The van der Waals surface area contributed by atoms with E-state index in [0.29, 0.717) is 36.9 Å². The average molecular weight is 504 g/mol. The van der Waals surface area contributed by atoms with Crippen LogP contribution >= 0.6 is 0 Å². The zero-order valence-electron chi connectivity index (χ0n) is 20.1. The van der Waals surface area contributed by atoms with E-state index >= 15 is 0 Å². The van der Waals surface area contributed by atoms with Gasteiger partial charge in [-0.1, -0.05) is 55.3 Å². The van der Waals surface area contributed by atoms with E-state index in [2.05, 4.69) is 10.0 Å². The first-order valence-corrected chi connectivity index (χ1v) is 13.2. The fourth-order valence-electron chi connectivity index (χ4n) is 3.74.